The van der Waals surface area contributed by atoms with Gasteiger partial charge in [0.25, 0.3) is 5.91 Å². The van der Waals surface area contributed by atoms with Crippen molar-refractivity contribution in [2.45, 2.75) is 69.2 Å². The Kier molecular flexibility index (Phi) is 5.67. The first-order valence-corrected chi connectivity index (χ1v) is 12.0. The van der Waals surface area contributed by atoms with Gasteiger partial charge in [0.1, 0.15) is 5.54 Å². The van der Waals surface area contributed by atoms with Gasteiger partial charge in [-0.2, -0.15) is 9.29 Å². The zero-order chi connectivity index (χ0) is 21.4. The van der Waals surface area contributed by atoms with E-state index in [4.69, 9.17) is 4.52 Å². The second-order valence-electron chi connectivity index (χ2n) is 8.33. The van der Waals surface area contributed by atoms with E-state index in [9.17, 15) is 13.2 Å². The van der Waals surface area contributed by atoms with E-state index in [1.54, 1.807) is 26.0 Å². The summed E-state index contributed by atoms with van der Waals surface area (Å²) in [6, 6.07) is 4.87. The maximum Gasteiger partial charge on any atom is 0.252 e. The van der Waals surface area contributed by atoms with Crippen molar-refractivity contribution in [2.75, 3.05) is 13.1 Å². The van der Waals surface area contributed by atoms with E-state index in [2.05, 4.69) is 15.5 Å². The van der Waals surface area contributed by atoms with Gasteiger partial charge in [0.2, 0.25) is 15.9 Å². The highest BCUT2D eigenvalue weighted by atomic mass is 32.2. The average molecular weight is 433 g/mol. The molecule has 1 aromatic heterocycles. The quantitative estimate of drug-likeness (QED) is 0.778. The molecule has 0 radical (unpaired) electrons. The van der Waals surface area contributed by atoms with E-state index in [0.717, 1.165) is 44.9 Å². The second kappa shape index (κ2) is 8.11. The van der Waals surface area contributed by atoms with Crippen LogP contribution in [-0.2, 0) is 15.6 Å². The maximum atomic E-state index is 13.2. The number of carbonyl (C=O) groups is 1. The fourth-order valence-electron chi connectivity index (χ4n) is 4.43. The monoisotopic (exact) mass is 432 g/mol. The molecule has 1 saturated heterocycles. The van der Waals surface area contributed by atoms with Gasteiger partial charge in [0.05, 0.1) is 4.90 Å². The number of sulfonamides is 1. The van der Waals surface area contributed by atoms with Gasteiger partial charge < -0.3 is 9.84 Å². The SMILES string of the molecule is Cc1nc(C2(NC(=O)c3ccc(C)c(S(=O)(=O)N4CCCCC4)c3)CCCC2)no1. The van der Waals surface area contributed by atoms with Crippen molar-refractivity contribution in [1.29, 1.82) is 0 Å². The molecule has 1 aromatic carbocycles. The zero-order valence-electron chi connectivity index (χ0n) is 17.5. The highest BCUT2D eigenvalue weighted by molar-refractivity contribution is 7.89. The Morgan fingerprint density at radius 2 is 1.80 bits per heavy atom. The molecular weight excluding hydrogens is 404 g/mol. The second-order valence-corrected chi connectivity index (χ2v) is 10.2. The lowest BCUT2D eigenvalue weighted by atomic mass is 9.95. The number of nitrogens with zero attached hydrogens (tertiary/aromatic N) is 3. The summed E-state index contributed by atoms with van der Waals surface area (Å²) < 4.78 is 33.0. The summed E-state index contributed by atoms with van der Waals surface area (Å²) in [4.78, 5) is 17.7. The third-order valence-corrected chi connectivity index (χ3v) is 8.19. The summed E-state index contributed by atoms with van der Waals surface area (Å²) in [5.41, 5.74) is 0.287. The van der Waals surface area contributed by atoms with Crippen LogP contribution in [0.25, 0.3) is 0 Å². The summed E-state index contributed by atoms with van der Waals surface area (Å²) in [6.45, 7) is 4.54. The van der Waals surface area contributed by atoms with Crippen molar-refractivity contribution in [3.05, 3.63) is 41.0 Å². The first-order valence-electron chi connectivity index (χ1n) is 10.6. The molecule has 1 amide bonds. The van der Waals surface area contributed by atoms with Crippen molar-refractivity contribution >= 4 is 15.9 Å². The van der Waals surface area contributed by atoms with Gasteiger partial charge in [-0.15, -0.1) is 0 Å². The predicted octanol–water partition coefficient (Wildman–Crippen LogP) is 3.06. The third-order valence-electron chi connectivity index (χ3n) is 6.15. The molecule has 4 rings (SSSR count). The largest absolute Gasteiger partial charge is 0.340 e. The van der Waals surface area contributed by atoms with Crippen LogP contribution in [0.4, 0.5) is 0 Å². The van der Waals surface area contributed by atoms with Gasteiger partial charge in [-0.25, -0.2) is 8.42 Å². The molecule has 8 nitrogen and oxygen atoms in total. The molecule has 1 saturated carbocycles. The van der Waals surface area contributed by atoms with E-state index in [1.165, 1.54) is 10.4 Å². The number of amides is 1. The maximum absolute atomic E-state index is 13.2. The van der Waals surface area contributed by atoms with E-state index < -0.39 is 15.6 Å². The van der Waals surface area contributed by atoms with Crippen LogP contribution in [0.1, 0.15) is 72.6 Å². The highest BCUT2D eigenvalue weighted by Gasteiger charge is 2.41. The van der Waals surface area contributed by atoms with E-state index in [0.29, 0.717) is 35.9 Å². The Morgan fingerprint density at radius 1 is 1.10 bits per heavy atom. The summed E-state index contributed by atoms with van der Waals surface area (Å²) in [5.74, 6) is 0.615. The highest BCUT2D eigenvalue weighted by Crippen LogP contribution is 2.37. The van der Waals surface area contributed by atoms with Crippen LogP contribution in [0.15, 0.2) is 27.6 Å². The van der Waals surface area contributed by atoms with Gasteiger partial charge in [-0.05, 0) is 50.3 Å². The van der Waals surface area contributed by atoms with E-state index in [-0.39, 0.29) is 10.8 Å². The Bertz CT molecular complexity index is 1040. The van der Waals surface area contributed by atoms with Crippen LogP contribution in [0, 0.1) is 13.8 Å². The summed E-state index contributed by atoms with van der Waals surface area (Å²) in [6.07, 6.45) is 6.14. The zero-order valence-corrected chi connectivity index (χ0v) is 18.3. The summed E-state index contributed by atoms with van der Waals surface area (Å²) in [5, 5.41) is 7.13. The van der Waals surface area contributed by atoms with Gasteiger partial charge >= 0.3 is 0 Å². The fourth-order valence-corrected chi connectivity index (χ4v) is 6.20. The Morgan fingerprint density at radius 3 is 2.43 bits per heavy atom. The molecule has 0 bridgehead atoms. The molecule has 2 aliphatic rings. The van der Waals surface area contributed by atoms with Crippen LogP contribution in [0.3, 0.4) is 0 Å². The Balaban J connectivity index is 1.62. The lowest BCUT2D eigenvalue weighted by Crippen LogP contribution is -2.44. The van der Waals surface area contributed by atoms with Gasteiger partial charge in [-0.3, -0.25) is 4.79 Å². The first-order chi connectivity index (χ1) is 14.3. The molecule has 1 N–H and O–H groups in total. The molecule has 1 aliphatic carbocycles. The van der Waals surface area contributed by atoms with Crippen molar-refractivity contribution < 1.29 is 17.7 Å². The van der Waals surface area contributed by atoms with Gasteiger partial charge in [0, 0.05) is 25.6 Å². The number of piperidine rings is 1. The average Bonchev–Trinajstić information content (AvgIpc) is 3.39. The lowest BCUT2D eigenvalue weighted by Gasteiger charge is -2.28. The lowest BCUT2D eigenvalue weighted by molar-refractivity contribution is 0.0891. The van der Waals surface area contributed by atoms with Crippen molar-refractivity contribution in [3.63, 3.8) is 0 Å². The molecule has 0 spiro atoms. The number of nitrogens with one attached hydrogen (secondary N) is 1. The standard InChI is InChI=1S/C21H28N4O4S/c1-15-8-9-17(14-18(15)30(27,28)25-12-6-3-7-13-25)19(26)23-21(10-4-5-11-21)20-22-16(2)29-24-20/h8-9,14H,3-7,10-13H2,1-2H3,(H,23,26). The minimum atomic E-state index is -3.63. The number of hydrogen-bond donors (Lipinski definition) is 1. The Hall–Kier alpha value is -2.26. The molecule has 162 valence electrons. The number of aryl methyl sites for hydroxylation is 2. The van der Waals surface area contributed by atoms with Crippen LogP contribution >= 0.6 is 0 Å². The number of rotatable bonds is 5. The summed E-state index contributed by atoms with van der Waals surface area (Å²) >= 11 is 0. The topological polar surface area (TPSA) is 105 Å². The van der Waals surface area contributed by atoms with Crippen LogP contribution in [-0.4, -0.2) is 41.9 Å². The molecule has 2 fully saturated rings. The number of aromatic nitrogens is 2. The van der Waals surface area contributed by atoms with Crippen molar-refractivity contribution in [2.24, 2.45) is 0 Å². The molecule has 2 heterocycles. The van der Waals surface area contributed by atoms with Crippen molar-refractivity contribution in [3.8, 4) is 0 Å². The normalized spacial score (nSPS) is 19.7. The number of benzene rings is 1. The van der Waals surface area contributed by atoms with E-state index >= 15 is 0 Å². The van der Waals surface area contributed by atoms with Crippen LogP contribution in [0.5, 0.6) is 0 Å². The van der Waals surface area contributed by atoms with Gasteiger partial charge in [-0.1, -0.05) is 30.5 Å². The number of hydrogen-bond acceptors (Lipinski definition) is 6. The minimum absolute atomic E-state index is 0.202. The molecular formula is C21H28N4O4S. The fraction of sp³-hybridized carbons (Fsp3) is 0.571. The third kappa shape index (κ3) is 3.88. The molecule has 9 heteroatoms. The molecule has 0 atom stereocenters. The summed E-state index contributed by atoms with van der Waals surface area (Å²) in [7, 11) is -3.63. The predicted molar refractivity (Wildman–Crippen MR) is 110 cm³/mol. The van der Waals surface area contributed by atoms with Crippen LogP contribution in [0.2, 0.25) is 0 Å². The van der Waals surface area contributed by atoms with Crippen LogP contribution < -0.4 is 5.32 Å². The van der Waals surface area contributed by atoms with Gasteiger partial charge in [0.15, 0.2) is 5.82 Å². The van der Waals surface area contributed by atoms with E-state index in [1.807, 2.05) is 0 Å². The Labute approximate surface area is 177 Å². The smallest absolute Gasteiger partial charge is 0.252 e. The molecule has 30 heavy (non-hydrogen) atoms. The number of carbonyl (C=O) groups excluding carboxylic acids is 1. The first kappa shape index (κ1) is 21.0. The minimum Gasteiger partial charge on any atom is -0.340 e. The molecule has 2 aromatic rings. The molecule has 0 unspecified atom stereocenters. The van der Waals surface area contributed by atoms with Crippen molar-refractivity contribution in [1.82, 2.24) is 19.8 Å². The molecule has 1 aliphatic heterocycles.